The first kappa shape index (κ1) is 11.5. The molecule has 0 saturated carbocycles. The standard InChI is InChI=1S/C10H20N4/c1-4-9(12-11)10-8-13(2)6-5-7-14(10)3/h1,9-10,12H,5-8,11H2,2-3H3. The van der Waals surface area contributed by atoms with Crippen LogP contribution in [0.25, 0.3) is 0 Å². The summed E-state index contributed by atoms with van der Waals surface area (Å²) in [6.45, 7) is 3.17. The maximum absolute atomic E-state index is 5.44. The first-order valence-electron chi connectivity index (χ1n) is 5.00. The molecular weight excluding hydrogens is 176 g/mol. The van der Waals surface area contributed by atoms with Crippen molar-refractivity contribution in [1.29, 1.82) is 0 Å². The molecule has 2 atom stereocenters. The highest BCUT2D eigenvalue weighted by Crippen LogP contribution is 2.09. The molecule has 1 aliphatic heterocycles. The van der Waals surface area contributed by atoms with Crippen LogP contribution in [0.15, 0.2) is 0 Å². The van der Waals surface area contributed by atoms with E-state index < -0.39 is 0 Å². The minimum Gasteiger partial charge on any atom is -0.305 e. The van der Waals surface area contributed by atoms with E-state index in [1.807, 2.05) is 0 Å². The van der Waals surface area contributed by atoms with Crippen molar-refractivity contribution in [2.45, 2.75) is 18.5 Å². The van der Waals surface area contributed by atoms with Gasteiger partial charge >= 0.3 is 0 Å². The topological polar surface area (TPSA) is 44.5 Å². The summed E-state index contributed by atoms with van der Waals surface area (Å²) in [4.78, 5) is 4.59. The number of rotatable bonds is 2. The summed E-state index contributed by atoms with van der Waals surface area (Å²) < 4.78 is 0. The Morgan fingerprint density at radius 2 is 2.21 bits per heavy atom. The molecule has 4 heteroatoms. The van der Waals surface area contributed by atoms with Crippen molar-refractivity contribution in [1.82, 2.24) is 15.2 Å². The van der Waals surface area contributed by atoms with Gasteiger partial charge in [0.1, 0.15) is 0 Å². The maximum atomic E-state index is 5.44. The third-order valence-corrected chi connectivity index (χ3v) is 2.86. The summed E-state index contributed by atoms with van der Waals surface area (Å²) in [5, 5.41) is 0. The number of likely N-dealkylation sites (N-methyl/N-ethyl adjacent to an activating group) is 2. The Morgan fingerprint density at radius 1 is 1.50 bits per heavy atom. The fourth-order valence-electron chi connectivity index (χ4n) is 1.94. The lowest BCUT2D eigenvalue weighted by Gasteiger charge is -2.31. The molecule has 80 valence electrons. The fourth-order valence-corrected chi connectivity index (χ4v) is 1.94. The van der Waals surface area contributed by atoms with E-state index in [2.05, 4.69) is 35.2 Å². The minimum atomic E-state index is -0.0689. The van der Waals surface area contributed by atoms with Gasteiger partial charge in [0.25, 0.3) is 0 Å². The van der Waals surface area contributed by atoms with Crippen LogP contribution in [-0.2, 0) is 0 Å². The molecule has 2 unspecified atom stereocenters. The van der Waals surface area contributed by atoms with Crippen LogP contribution in [0.4, 0.5) is 0 Å². The summed E-state index contributed by atoms with van der Waals surface area (Å²) in [5.74, 6) is 8.13. The van der Waals surface area contributed by atoms with Crippen LogP contribution in [0.2, 0.25) is 0 Å². The molecule has 0 aromatic rings. The number of hydrazine groups is 1. The molecule has 1 saturated heterocycles. The minimum absolute atomic E-state index is 0.0689. The molecule has 0 aliphatic carbocycles. The maximum Gasteiger partial charge on any atom is 0.0981 e. The lowest BCUT2D eigenvalue weighted by molar-refractivity contribution is 0.199. The van der Waals surface area contributed by atoms with Crippen LogP contribution >= 0.6 is 0 Å². The summed E-state index contributed by atoms with van der Waals surface area (Å²) in [5.41, 5.74) is 2.70. The summed E-state index contributed by atoms with van der Waals surface area (Å²) in [6, 6.07) is 0.234. The number of hydrogen-bond donors (Lipinski definition) is 2. The zero-order valence-corrected chi connectivity index (χ0v) is 9.03. The van der Waals surface area contributed by atoms with Crippen molar-refractivity contribution in [3.63, 3.8) is 0 Å². The Balaban J connectivity index is 2.67. The molecule has 1 fully saturated rings. The highest BCUT2D eigenvalue weighted by atomic mass is 15.3. The molecule has 0 amide bonds. The second kappa shape index (κ2) is 5.32. The molecule has 0 spiro atoms. The third kappa shape index (κ3) is 2.69. The molecular formula is C10H20N4. The molecule has 0 aromatic heterocycles. The van der Waals surface area contributed by atoms with Gasteiger partial charge in [-0.1, -0.05) is 5.92 Å². The highest BCUT2D eigenvalue weighted by molar-refractivity contribution is 5.05. The van der Waals surface area contributed by atoms with E-state index in [9.17, 15) is 0 Å². The van der Waals surface area contributed by atoms with Crippen LogP contribution in [0.1, 0.15) is 6.42 Å². The number of hydrogen-bond acceptors (Lipinski definition) is 4. The SMILES string of the molecule is C#CC(NN)C1CN(C)CCCN1C. The molecule has 1 heterocycles. The molecule has 4 nitrogen and oxygen atoms in total. The normalized spacial score (nSPS) is 28.0. The third-order valence-electron chi connectivity index (χ3n) is 2.86. The van der Waals surface area contributed by atoms with E-state index in [0.717, 1.165) is 19.6 Å². The number of nitrogens with one attached hydrogen (secondary N) is 1. The summed E-state index contributed by atoms with van der Waals surface area (Å²) >= 11 is 0. The summed E-state index contributed by atoms with van der Waals surface area (Å²) in [7, 11) is 4.22. The van der Waals surface area contributed by atoms with Gasteiger partial charge in [0.15, 0.2) is 0 Å². The Hall–Kier alpha value is -0.600. The molecule has 1 rings (SSSR count). The summed E-state index contributed by atoms with van der Waals surface area (Å²) in [6.07, 6.45) is 6.62. The Labute approximate surface area is 86.4 Å². The number of terminal acetylenes is 1. The van der Waals surface area contributed by atoms with Crippen molar-refractivity contribution < 1.29 is 0 Å². The van der Waals surface area contributed by atoms with E-state index in [0.29, 0.717) is 6.04 Å². The van der Waals surface area contributed by atoms with E-state index in [1.54, 1.807) is 0 Å². The first-order valence-corrected chi connectivity index (χ1v) is 5.00. The molecule has 3 N–H and O–H groups in total. The molecule has 0 aromatic carbocycles. The lowest BCUT2D eigenvalue weighted by atomic mass is 10.1. The van der Waals surface area contributed by atoms with E-state index in [4.69, 9.17) is 12.3 Å². The number of nitrogens with two attached hydrogens (primary N) is 1. The van der Waals surface area contributed by atoms with Gasteiger partial charge in [0, 0.05) is 12.6 Å². The molecule has 1 aliphatic rings. The molecule has 0 bridgehead atoms. The van der Waals surface area contributed by atoms with Crippen molar-refractivity contribution >= 4 is 0 Å². The van der Waals surface area contributed by atoms with E-state index in [1.165, 1.54) is 6.42 Å². The van der Waals surface area contributed by atoms with Crippen LogP contribution in [-0.4, -0.2) is 55.6 Å². The Kier molecular flexibility index (Phi) is 4.36. The van der Waals surface area contributed by atoms with Gasteiger partial charge in [-0.15, -0.1) is 6.42 Å². The van der Waals surface area contributed by atoms with Gasteiger partial charge in [0.2, 0.25) is 0 Å². The average molecular weight is 196 g/mol. The van der Waals surface area contributed by atoms with Gasteiger partial charge in [-0.25, -0.2) is 5.43 Å². The van der Waals surface area contributed by atoms with Gasteiger partial charge in [-0.2, -0.15) is 0 Å². The van der Waals surface area contributed by atoms with Gasteiger partial charge in [-0.05, 0) is 33.6 Å². The number of nitrogens with zero attached hydrogens (tertiary/aromatic N) is 2. The quantitative estimate of drug-likeness (QED) is 0.341. The monoisotopic (exact) mass is 196 g/mol. The van der Waals surface area contributed by atoms with Crippen molar-refractivity contribution in [2.24, 2.45) is 5.84 Å². The highest BCUT2D eigenvalue weighted by Gasteiger charge is 2.26. The van der Waals surface area contributed by atoms with Crippen molar-refractivity contribution in [3.8, 4) is 12.3 Å². The van der Waals surface area contributed by atoms with Crippen molar-refractivity contribution in [3.05, 3.63) is 0 Å². The smallest absolute Gasteiger partial charge is 0.0981 e. The first-order chi connectivity index (χ1) is 6.69. The predicted octanol–water partition coefficient (Wildman–Crippen LogP) is -0.913. The molecule has 14 heavy (non-hydrogen) atoms. The Bertz CT molecular complexity index is 211. The van der Waals surface area contributed by atoms with Gasteiger partial charge < -0.3 is 4.90 Å². The zero-order valence-electron chi connectivity index (χ0n) is 9.03. The average Bonchev–Trinajstić information content (AvgIpc) is 2.32. The van der Waals surface area contributed by atoms with Crippen LogP contribution in [0, 0.1) is 12.3 Å². The fraction of sp³-hybridized carbons (Fsp3) is 0.800. The van der Waals surface area contributed by atoms with Crippen molar-refractivity contribution in [2.75, 3.05) is 33.7 Å². The predicted molar refractivity (Wildman–Crippen MR) is 58.5 cm³/mol. The van der Waals surface area contributed by atoms with Crippen LogP contribution < -0.4 is 11.3 Å². The second-order valence-electron chi connectivity index (χ2n) is 3.97. The zero-order chi connectivity index (χ0) is 10.6. The van der Waals surface area contributed by atoms with Gasteiger partial charge in [0.05, 0.1) is 6.04 Å². The molecule has 0 radical (unpaired) electrons. The van der Waals surface area contributed by atoms with E-state index in [-0.39, 0.29) is 6.04 Å². The van der Waals surface area contributed by atoms with Crippen LogP contribution in [0.5, 0.6) is 0 Å². The second-order valence-corrected chi connectivity index (χ2v) is 3.97. The lowest BCUT2D eigenvalue weighted by Crippen LogP contribution is -2.53. The van der Waals surface area contributed by atoms with E-state index >= 15 is 0 Å². The van der Waals surface area contributed by atoms with Gasteiger partial charge in [-0.3, -0.25) is 10.7 Å². The largest absolute Gasteiger partial charge is 0.305 e. The Morgan fingerprint density at radius 3 is 2.79 bits per heavy atom. The van der Waals surface area contributed by atoms with Crippen LogP contribution in [0.3, 0.4) is 0 Å².